The summed E-state index contributed by atoms with van der Waals surface area (Å²) in [7, 11) is 0. The average Bonchev–Trinajstić information content (AvgIpc) is 3.22. The van der Waals surface area contributed by atoms with Gasteiger partial charge in [0, 0.05) is 42.6 Å². The fraction of sp³-hybridized carbons (Fsp3) is 0.393. The predicted molar refractivity (Wildman–Crippen MR) is 147 cm³/mol. The highest BCUT2D eigenvalue weighted by Gasteiger charge is 2.36. The van der Waals surface area contributed by atoms with Crippen LogP contribution in [0.4, 0.5) is 20.6 Å². The molecule has 5 rings (SSSR count). The molecule has 1 unspecified atom stereocenters. The van der Waals surface area contributed by atoms with Crippen LogP contribution >= 0.6 is 0 Å². The second kappa shape index (κ2) is 9.79. The molecule has 0 bridgehead atoms. The molecule has 3 aromatic heterocycles. The topological polar surface area (TPSA) is 105 Å². The third-order valence-corrected chi connectivity index (χ3v) is 6.65. The van der Waals surface area contributed by atoms with Crippen molar-refractivity contribution in [2.75, 3.05) is 23.3 Å². The minimum atomic E-state index is -0.575. The molecule has 39 heavy (non-hydrogen) atoms. The first-order chi connectivity index (χ1) is 18.4. The number of amides is 2. The summed E-state index contributed by atoms with van der Waals surface area (Å²) in [5.41, 5.74) is 2.23. The van der Waals surface area contributed by atoms with E-state index in [0.29, 0.717) is 35.6 Å². The number of fused-ring (bicyclic) bond motifs is 2. The molecule has 1 N–H and O–H groups in total. The fourth-order valence-corrected chi connectivity index (χ4v) is 5.17. The number of halogens is 1. The second-order valence-corrected chi connectivity index (χ2v) is 11.1. The Hall–Kier alpha value is -4.28. The Morgan fingerprint density at radius 3 is 2.51 bits per heavy atom. The minimum Gasteiger partial charge on any atom is -0.444 e. The predicted octanol–water partition coefficient (Wildman–Crippen LogP) is 4.81. The fourth-order valence-electron chi connectivity index (χ4n) is 5.17. The van der Waals surface area contributed by atoms with Crippen molar-refractivity contribution in [3.8, 4) is 0 Å². The lowest BCUT2D eigenvalue weighted by atomic mass is 10.0. The Morgan fingerprint density at radius 2 is 1.82 bits per heavy atom. The Bertz CT molecular complexity index is 1570. The van der Waals surface area contributed by atoms with Gasteiger partial charge in [-0.05, 0) is 59.7 Å². The summed E-state index contributed by atoms with van der Waals surface area (Å²) >= 11 is 0. The van der Waals surface area contributed by atoms with E-state index in [1.807, 2.05) is 46.8 Å². The van der Waals surface area contributed by atoms with Crippen molar-refractivity contribution >= 4 is 39.9 Å². The summed E-state index contributed by atoms with van der Waals surface area (Å²) < 4.78 is 21.7. The van der Waals surface area contributed by atoms with Crippen molar-refractivity contribution in [2.45, 2.75) is 59.2 Å². The normalized spacial score (nSPS) is 18.0. The number of anilines is 2. The van der Waals surface area contributed by atoms with Gasteiger partial charge >= 0.3 is 6.09 Å². The van der Waals surface area contributed by atoms with Crippen LogP contribution in [0.15, 0.2) is 42.9 Å². The van der Waals surface area contributed by atoms with E-state index in [2.05, 4.69) is 25.4 Å². The zero-order chi connectivity index (χ0) is 28.1. The number of aromatic nitrogens is 4. The number of pyridine rings is 1. The standard InChI is InChI=1S/C28H32FN7O3/c1-16-12-35-15-19(11-22(29)25(35)31-16)32-26(37)21-7-8-23(20-9-10-30-33-24(20)21)34-13-17(2)36(18(3)14-34)27(38)39-28(4,5)6/h7-12,15,17-18H,13-14H2,1-6H3,(H,32,37)/t17-,18?/m0/s1. The highest BCUT2D eigenvalue weighted by molar-refractivity contribution is 6.13. The molecule has 1 aromatic carbocycles. The monoisotopic (exact) mass is 533 g/mol. The summed E-state index contributed by atoms with van der Waals surface area (Å²) in [4.78, 5) is 34.3. The molecule has 2 atom stereocenters. The molecule has 204 valence electrons. The van der Waals surface area contributed by atoms with Crippen LogP contribution in [-0.2, 0) is 4.74 Å². The Labute approximate surface area is 225 Å². The summed E-state index contributed by atoms with van der Waals surface area (Å²) in [5.74, 6) is -0.964. The number of rotatable bonds is 3. The molecular weight excluding hydrogens is 501 g/mol. The van der Waals surface area contributed by atoms with Gasteiger partial charge < -0.3 is 19.4 Å². The Kier molecular flexibility index (Phi) is 6.61. The lowest BCUT2D eigenvalue weighted by molar-refractivity contribution is 0.00567. The third-order valence-electron chi connectivity index (χ3n) is 6.65. The summed E-state index contributed by atoms with van der Waals surface area (Å²) in [5, 5.41) is 11.8. The van der Waals surface area contributed by atoms with Crippen molar-refractivity contribution in [3.63, 3.8) is 0 Å². The van der Waals surface area contributed by atoms with Crippen LogP contribution in [0.1, 0.15) is 50.7 Å². The molecule has 0 aliphatic carbocycles. The van der Waals surface area contributed by atoms with E-state index in [1.165, 1.54) is 6.07 Å². The molecule has 1 aliphatic rings. The van der Waals surface area contributed by atoms with E-state index in [1.54, 1.807) is 40.9 Å². The number of nitrogens with zero attached hydrogens (tertiary/aromatic N) is 6. The van der Waals surface area contributed by atoms with Crippen molar-refractivity contribution in [2.24, 2.45) is 0 Å². The van der Waals surface area contributed by atoms with Crippen LogP contribution in [0.25, 0.3) is 16.6 Å². The number of nitrogens with one attached hydrogen (secondary N) is 1. The number of benzene rings is 1. The van der Waals surface area contributed by atoms with Gasteiger partial charge in [0.05, 0.1) is 35.2 Å². The molecule has 4 aromatic rings. The molecule has 11 heteroatoms. The molecule has 1 aliphatic heterocycles. The summed E-state index contributed by atoms with van der Waals surface area (Å²) in [6.07, 6.45) is 4.56. The Balaban J connectivity index is 1.42. The largest absolute Gasteiger partial charge is 0.444 e. The Morgan fingerprint density at radius 1 is 1.10 bits per heavy atom. The number of imidazole rings is 1. The van der Waals surface area contributed by atoms with Crippen LogP contribution in [-0.4, -0.2) is 67.3 Å². The first-order valence-corrected chi connectivity index (χ1v) is 12.9. The lowest BCUT2D eigenvalue weighted by Gasteiger charge is -2.45. The third kappa shape index (κ3) is 5.21. The summed E-state index contributed by atoms with van der Waals surface area (Å²) in [6, 6.07) is 6.44. The lowest BCUT2D eigenvalue weighted by Crippen LogP contribution is -2.59. The maximum atomic E-state index is 14.6. The maximum Gasteiger partial charge on any atom is 0.410 e. The van der Waals surface area contributed by atoms with Gasteiger partial charge in [0.15, 0.2) is 11.5 Å². The van der Waals surface area contributed by atoms with Gasteiger partial charge in [-0.3, -0.25) is 9.69 Å². The van der Waals surface area contributed by atoms with Gasteiger partial charge in [-0.15, -0.1) is 5.10 Å². The van der Waals surface area contributed by atoms with Crippen LogP contribution in [0.3, 0.4) is 0 Å². The summed E-state index contributed by atoms with van der Waals surface area (Å²) in [6.45, 7) is 12.5. The minimum absolute atomic E-state index is 0.104. The average molecular weight is 534 g/mol. The van der Waals surface area contributed by atoms with Crippen molar-refractivity contribution in [1.82, 2.24) is 24.5 Å². The van der Waals surface area contributed by atoms with E-state index in [0.717, 1.165) is 11.1 Å². The van der Waals surface area contributed by atoms with Crippen LogP contribution < -0.4 is 10.2 Å². The quantitative estimate of drug-likeness (QED) is 0.403. The molecule has 0 saturated carbocycles. The smallest absolute Gasteiger partial charge is 0.410 e. The maximum absolute atomic E-state index is 14.6. The number of carbonyl (C=O) groups excluding carboxylic acids is 2. The number of carbonyl (C=O) groups is 2. The zero-order valence-electron chi connectivity index (χ0n) is 22.9. The van der Waals surface area contributed by atoms with E-state index in [4.69, 9.17) is 4.74 Å². The number of piperazine rings is 1. The highest BCUT2D eigenvalue weighted by Crippen LogP contribution is 2.32. The van der Waals surface area contributed by atoms with Gasteiger partial charge in [0.2, 0.25) is 0 Å². The first kappa shape index (κ1) is 26.3. The SMILES string of the molecule is Cc1cn2cc(NC(=O)c3ccc(N4CC(C)N(C(=O)OC(C)(C)C)[C@@H](C)C4)c4ccnnc34)cc(F)c2n1. The molecule has 1 saturated heterocycles. The molecule has 0 radical (unpaired) electrons. The zero-order valence-corrected chi connectivity index (χ0v) is 22.9. The molecule has 0 spiro atoms. The number of hydrogen-bond acceptors (Lipinski definition) is 7. The molecular formula is C28H32FN7O3. The van der Waals surface area contributed by atoms with Crippen LogP contribution in [0.2, 0.25) is 0 Å². The molecule has 2 amide bonds. The van der Waals surface area contributed by atoms with Crippen LogP contribution in [0.5, 0.6) is 0 Å². The van der Waals surface area contributed by atoms with Gasteiger partial charge in [-0.1, -0.05) is 0 Å². The van der Waals surface area contributed by atoms with Gasteiger partial charge in [0.25, 0.3) is 5.91 Å². The highest BCUT2D eigenvalue weighted by atomic mass is 19.1. The van der Waals surface area contributed by atoms with E-state index < -0.39 is 17.3 Å². The van der Waals surface area contributed by atoms with Gasteiger partial charge in [-0.25, -0.2) is 14.2 Å². The molecule has 10 nitrogen and oxygen atoms in total. The van der Waals surface area contributed by atoms with Crippen molar-refractivity contribution < 1.29 is 18.7 Å². The second-order valence-electron chi connectivity index (χ2n) is 11.1. The molecule has 1 fully saturated rings. The van der Waals surface area contributed by atoms with E-state index in [-0.39, 0.29) is 23.8 Å². The first-order valence-electron chi connectivity index (χ1n) is 12.9. The van der Waals surface area contributed by atoms with Crippen LogP contribution in [0, 0.1) is 12.7 Å². The van der Waals surface area contributed by atoms with Gasteiger partial charge in [-0.2, -0.15) is 5.10 Å². The number of ether oxygens (including phenoxy) is 1. The number of aryl methyl sites for hydroxylation is 1. The van der Waals surface area contributed by atoms with Gasteiger partial charge in [0.1, 0.15) is 11.1 Å². The number of hydrogen-bond donors (Lipinski definition) is 1. The van der Waals surface area contributed by atoms with Crippen molar-refractivity contribution in [1.29, 1.82) is 0 Å². The van der Waals surface area contributed by atoms with E-state index >= 15 is 0 Å². The van der Waals surface area contributed by atoms with Crippen molar-refractivity contribution in [3.05, 3.63) is 59.9 Å². The molecule has 4 heterocycles. The van der Waals surface area contributed by atoms with E-state index in [9.17, 15) is 14.0 Å².